The van der Waals surface area contributed by atoms with Crippen LogP contribution in [-0.4, -0.2) is 23.6 Å². The number of ether oxygens (including phenoxy) is 1. The Labute approximate surface area is 111 Å². The van der Waals surface area contributed by atoms with Crippen molar-refractivity contribution in [3.63, 3.8) is 0 Å². The van der Waals surface area contributed by atoms with E-state index in [1.165, 1.54) is 11.3 Å². The number of aromatic nitrogens is 1. The van der Waals surface area contributed by atoms with Crippen molar-refractivity contribution in [1.29, 1.82) is 0 Å². The SMILES string of the molecule is CC(C)(C)c1nc(NC(=O)C2CCCO2)sc1N. The summed E-state index contributed by atoms with van der Waals surface area (Å²) in [5.41, 5.74) is 6.64. The molecule has 6 heteroatoms. The molecule has 1 unspecified atom stereocenters. The van der Waals surface area contributed by atoms with Crippen LogP contribution in [0.15, 0.2) is 0 Å². The normalized spacial score (nSPS) is 20.1. The first-order valence-electron chi connectivity index (χ1n) is 6.07. The molecule has 0 saturated carbocycles. The van der Waals surface area contributed by atoms with Crippen LogP contribution >= 0.6 is 11.3 Å². The highest BCUT2D eigenvalue weighted by atomic mass is 32.1. The molecule has 1 aliphatic heterocycles. The van der Waals surface area contributed by atoms with E-state index in [1.807, 2.05) is 20.8 Å². The number of nitrogen functional groups attached to an aromatic ring is 1. The van der Waals surface area contributed by atoms with Crippen LogP contribution < -0.4 is 11.1 Å². The number of carbonyl (C=O) groups excluding carboxylic acids is 1. The fourth-order valence-corrected chi connectivity index (χ4v) is 2.84. The zero-order valence-electron chi connectivity index (χ0n) is 10.9. The van der Waals surface area contributed by atoms with Gasteiger partial charge in [-0.05, 0) is 12.8 Å². The Morgan fingerprint density at radius 2 is 2.28 bits per heavy atom. The van der Waals surface area contributed by atoms with E-state index in [1.54, 1.807) is 0 Å². The predicted molar refractivity (Wildman–Crippen MR) is 72.8 cm³/mol. The summed E-state index contributed by atoms with van der Waals surface area (Å²) in [5.74, 6) is -0.123. The summed E-state index contributed by atoms with van der Waals surface area (Å²) >= 11 is 1.31. The molecule has 5 nitrogen and oxygen atoms in total. The molecule has 3 N–H and O–H groups in total. The lowest BCUT2D eigenvalue weighted by molar-refractivity contribution is -0.124. The highest BCUT2D eigenvalue weighted by Crippen LogP contribution is 2.34. The number of thiazole rings is 1. The van der Waals surface area contributed by atoms with Gasteiger partial charge < -0.3 is 10.5 Å². The van der Waals surface area contributed by atoms with Crippen LogP contribution in [0.3, 0.4) is 0 Å². The van der Waals surface area contributed by atoms with Crippen molar-refractivity contribution in [2.75, 3.05) is 17.7 Å². The number of rotatable bonds is 2. The Balaban J connectivity index is 2.08. The first kappa shape index (κ1) is 13.3. The lowest BCUT2D eigenvalue weighted by atomic mass is 9.93. The number of anilines is 2. The number of carbonyl (C=O) groups is 1. The minimum Gasteiger partial charge on any atom is -0.389 e. The van der Waals surface area contributed by atoms with E-state index in [2.05, 4.69) is 10.3 Å². The Morgan fingerprint density at radius 3 is 2.78 bits per heavy atom. The topological polar surface area (TPSA) is 77.2 Å². The van der Waals surface area contributed by atoms with Gasteiger partial charge in [-0.3, -0.25) is 10.1 Å². The maximum atomic E-state index is 11.9. The third-order valence-corrected chi connectivity index (χ3v) is 3.62. The molecule has 0 radical (unpaired) electrons. The van der Waals surface area contributed by atoms with Crippen molar-refractivity contribution in [2.45, 2.75) is 45.1 Å². The minimum atomic E-state index is -0.340. The molecule has 0 aromatic carbocycles. The third kappa shape index (κ3) is 2.81. The van der Waals surface area contributed by atoms with Crippen LogP contribution in [0.5, 0.6) is 0 Å². The molecule has 1 saturated heterocycles. The van der Waals surface area contributed by atoms with Crippen molar-refractivity contribution >= 4 is 27.4 Å². The number of amides is 1. The molecule has 1 fully saturated rings. The summed E-state index contributed by atoms with van der Waals surface area (Å²) in [6, 6.07) is 0. The molecule has 1 atom stereocenters. The largest absolute Gasteiger partial charge is 0.389 e. The van der Waals surface area contributed by atoms with E-state index in [4.69, 9.17) is 10.5 Å². The zero-order chi connectivity index (χ0) is 13.3. The van der Waals surface area contributed by atoms with Gasteiger partial charge in [-0.1, -0.05) is 32.1 Å². The average Bonchev–Trinajstić information content (AvgIpc) is 2.85. The molecule has 100 valence electrons. The van der Waals surface area contributed by atoms with E-state index in [9.17, 15) is 4.79 Å². The van der Waals surface area contributed by atoms with E-state index in [-0.39, 0.29) is 17.4 Å². The summed E-state index contributed by atoms with van der Waals surface area (Å²) in [7, 11) is 0. The van der Waals surface area contributed by atoms with E-state index in [0.717, 1.165) is 18.5 Å². The Kier molecular flexibility index (Phi) is 3.59. The van der Waals surface area contributed by atoms with Gasteiger partial charge in [0, 0.05) is 12.0 Å². The first-order valence-corrected chi connectivity index (χ1v) is 6.89. The molecule has 0 aliphatic carbocycles. The van der Waals surface area contributed by atoms with Gasteiger partial charge in [0.05, 0.1) is 5.69 Å². The molecule has 1 aromatic rings. The third-order valence-electron chi connectivity index (χ3n) is 2.82. The van der Waals surface area contributed by atoms with E-state index >= 15 is 0 Å². The van der Waals surface area contributed by atoms with Crippen molar-refractivity contribution in [3.05, 3.63) is 5.69 Å². The second-order valence-electron chi connectivity index (χ2n) is 5.47. The lowest BCUT2D eigenvalue weighted by Gasteiger charge is -2.15. The molecule has 18 heavy (non-hydrogen) atoms. The maximum absolute atomic E-state index is 11.9. The molecule has 0 bridgehead atoms. The van der Waals surface area contributed by atoms with E-state index in [0.29, 0.717) is 16.7 Å². The van der Waals surface area contributed by atoms with Gasteiger partial charge in [-0.2, -0.15) is 0 Å². The maximum Gasteiger partial charge on any atom is 0.255 e. The highest BCUT2D eigenvalue weighted by molar-refractivity contribution is 7.19. The van der Waals surface area contributed by atoms with Gasteiger partial charge in [-0.15, -0.1) is 0 Å². The molecule has 1 aliphatic rings. The smallest absolute Gasteiger partial charge is 0.255 e. The zero-order valence-corrected chi connectivity index (χ0v) is 11.8. The minimum absolute atomic E-state index is 0.118. The second-order valence-corrected chi connectivity index (χ2v) is 6.50. The summed E-state index contributed by atoms with van der Waals surface area (Å²) in [6.07, 6.45) is 1.37. The van der Waals surface area contributed by atoms with Crippen molar-refractivity contribution in [2.24, 2.45) is 0 Å². The summed E-state index contributed by atoms with van der Waals surface area (Å²) in [6.45, 7) is 6.80. The summed E-state index contributed by atoms with van der Waals surface area (Å²) in [4.78, 5) is 16.3. The van der Waals surface area contributed by atoms with Crippen LogP contribution in [0.4, 0.5) is 10.1 Å². The quantitative estimate of drug-likeness (QED) is 0.862. The molecular formula is C12H19N3O2S. The Bertz CT molecular complexity index is 445. The predicted octanol–water partition coefficient (Wildman–Crippen LogP) is 2.14. The van der Waals surface area contributed by atoms with Gasteiger partial charge in [0.2, 0.25) is 0 Å². The van der Waals surface area contributed by atoms with Gasteiger partial charge in [0.1, 0.15) is 11.1 Å². The van der Waals surface area contributed by atoms with Gasteiger partial charge in [0.15, 0.2) is 5.13 Å². The van der Waals surface area contributed by atoms with E-state index < -0.39 is 0 Å². The molecule has 0 spiro atoms. The van der Waals surface area contributed by atoms with Crippen LogP contribution in [-0.2, 0) is 14.9 Å². The number of nitrogens with two attached hydrogens (primary N) is 1. The number of hydrogen-bond acceptors (Lipinski definition) is 5. The molecule has 2 rings (SSSR count). The standard InChI is InChI=1S/C12H19N3O2S/c1-12(2,3)8-9(13)18-11(14-8)15-10(16)7-5-4-6-17-7/h7H,4-6,13H2,1-3H3,(H,14,15,16). The summed E-state index contributed by atoms with van der Waals surface area (Å²) < 4.78 is 5.32. The Morgan fingerprint density at radius 1 is 1.56 bits per heavy atom. The molecule has 1 amide bonds. The average molecular weight is 269 g/mol. The van der Waals surface area contributed by atoms with Crippen LogP contribution in [0.1, 0.15) is 39.3 Å². The van der Waals surface area contributed by atoms with Gasteiger partial charge >= 0.3 is 0 Å². The van der Waals surface area contributed by atoms with Crippen LogP contribution in [0.2, 0.25) is 0 Å². The van der Waals surface area contributed by atoms with Crippen molar-refractivity contribution in [3.8, 4) is 0 Å². The van der Waals surface area contributed by atoms with Crippen molar-refractivity contribution in [1.82, 2.24) is 4.98 Å². The van der Waals surface area contributed by atoms with Crippen LogP contribution in [0.25, 0.3) is 0 Å². The second kappa shape index (κ2) is 4.85. The fraction of sp³-hybridized carbons (Fsp3) is 0.667. The lowest BCUT2D eigenvalue weighted by Crippen LogP contribution is -2.26. The molecule has 1 aromatic heterocycles. The van der Waals surface area contributed by atoms with Gasteiger partial charge in [0.25, 0.3) is 5.91 Å². The number of hydrogen-bond donors (Lipinski definition) is 2. The molecular weight excluding hydrogens is 250 g/mol. The highest BCUT2D eigenvalue weighted by Gasteiger charge is 2.26. The van der Waals surface area contributed by atoms with Crippen molar-refractivity contribution < 1.29 is 9.53 Å². The number of nitrogens with one attached hydrogen (secondary N) is 1. The van der Waals surface area contributed by atoms with Gasteiger partial charge in [-0.25, -0.2) is 4.98 Å². The monoisotopic (exact) mass is 269 g/mol. The molecule has 2 heterocycles. The van der Waals surface area contributed by atoms with Crippen LogP contribution in [0, 0.1) is 0 Å². The summed E-state index contributed by atoms with van der Waals surface area (Å²) in [5, 5.41) is 3.99. The Hall–Kier alpha value is -1.14. The first-order chi connectivity index (χ1) is 8.38. The number of nitrogens with zero attached hydrogens (tertiary/aromatic N) is 1. The fourth-order valence-electron chi connectivity index (χ4n) is 1.89.